The number of likely N-dealkylation sites (tertiary alicyclic amines) is 1. The molecular formula is C35H38F3N5O4. The topological polar surface area (TPSA) is 108 Å². The highest BCUT2D eigenvalue weighted by molar-refractivity contribution is 5.79. The summed E-state index contributed by atoms with van der Waals surface area (Å²) in [7, 11) is 1.59. The van der Waals surface area contributed by atoms with E-state index in [1.54, 1.807) is 39.0 Å². The predicted molar refractivity (Wildman–Crippen MR) is 170 cm³/mol. The van der Waals surface area contributed by atoms with Crippen LogP contribution in [0.2, 0.25) is 0 Å². The molecule has 0 radical (unpaired) electrons. The van der Waals surface area contributed by atoms with E-state index in [0.717, 1.165) is 23.3 Å². The van der Waals surface area contributed by atoms with Gasteiger partial charge in [0.05, 0.1) is 35.2 Å². The van der Waals surface area contributed by atoms with Gasteiger partial charge < -0.3 is 24.6 Å². The lowest BCUT2D eigenvalue weighted by molar-refractivity contribution is -0.137. The number of nitrogens with one attached hydrogen (secondary N) is 1. The van der Waals surface area contributed by atoms with Gasteiger partial charge in [-0.2, -0.15) is 18.4 Å². The molecule has 2 aliphatic rings. The van der Waals surface area contributed by atoms with E-state index in [0.29, 0.717) is 56.0 Å². The number of nitrogens with zero attached hydrogens (tertiary/aromatic N) is 4. The van der Waals surface area contributed by atoms with Crippen LogP contribution in [0.1, 0.15) is 63.1 Å². The van der Waals surface area contributed by atoms with Crippen molar-refractivity contribution in [1.29, 1.82) is 5.26 Å². The van der Waals surface area contributed by atoms with Crippen molar-refractivity contribution in [1.82, 2.24) is 15.2 Å². The Hall–Kier alpha value is -4.79. The third-order valence-electron chi connectivity index (χ3n) is 8.67. The van der Waals surface area contributed by atoms with Crippen molar-refractivity contribution in [2.45, 2.75) is 69.8 Å². The molecule has 3 heterocycles. The molecule has 2 saturated heterocycles. The zero-order valence-electron chi connectivity index (χ0n) is 26.9. The van der Waals surface area contributed by atoms with E-state index in [1.165, 1.54) is 6.07 Å². The lowest BCUT2D eigenvalue weighted by Gasteiger charge is -2.45. The molecular weight excluding hydrogens is 611 g/mol. The van der Waals surface area contributed by atoms with Gasteiger partial charge in [0.2, 0.25) is 5.91 Å². The van der Waals surface area contributed by atoms with Crippen LogP contribution in [-0.4, -0.2) is 60.3 Å². The Balaban J connectivity index is 1.39. The average Bonchev–Trinajstić information content (AvgIpc) is 3.02. The number of hydrogen-bond acceptors (Lipinski definition) is 7. The van der Waals surface area contributed by atoms with E-state index >= 15 is 0 Å². The Bertz CT molecular complexity index is 1660. The number of aromatic nitrogens is 1. The van der Waals surface area contributed by atoms with E-state index in [2.05, 4.69) is 5.32 Å². The number of piperidine rings is 1. The number of amides is 2. The van der Waals surface area contributed by atoms with Crippen LogP contribution in [0.3, 0.4) is 0 Å². The van der Waals surface area contributed by atoms with Gasteiger partial charge in [0, 0.05) is 43.9 Å². The van der Waals surface area contributed by atoms with Crippen molar-refractivity contribution in [3.05, 3.63) is 77.5 Å². The zero-order chi connectivity index (χ0) is 34.0. The molecule has 12 heteroatoms. The van der Waals surface area contributed by atoms with Crippen molar-refractivity contribution in [2.24, 2.45) is 0 Å². The monoisotopic (exact) mass is 649 g/mol. The maximum absolute atomic E-state index is 13.6. The SMILES string of the molecule is COc1ccccc1-c1ccc(C2(NC(=O)C[C@@H]3CCN3C(=O)OC(C)(C)C)CCN(c3ccc(C(F)(F)F)cc3C#N)CC2)cn1. The van der Waals surface area contributed by atoms with Crippen LogP contribution in [0.25, 0.3) is 11.3 Å². The second-order valence-electron chi connectivity index (χ2n) is 12.9. The Kier molecular flexibility index (Phi) is 9.39. The first-order valence-corrected chi connectivity index (χ1v) is 15.5. The summed E-state index contributed by atoms with van der Waals surface area (Å²) >= 11 is 0. The quantitative estimate of drug-likeness (QED) is 0.305. The largest absolute Gasteiger partial charge is 0.496 e. The number of rotatable bonds is 7. The van der Waals surface area contributed by atoms with Crippen LogP contribution in [0.15, 0.2) is 60.8 Å². The maximum Gasteiger partial charge on any atom is 0.416 e. The van der Waals surface area contributed by atoms with Crippen molar-refractivity contribution in [2.75, 3.05) is 31.6 Å². The number of anilines is 1. The normalized spacial score (nSPS) is 17.7. The predicted octanol–water partition coefficient (Wildman–Crippen LogP) is 6.66. The van der Waals surface area contributed by atoms with Crippen LogP contribution in [0.4, 0.5) is 23.7 Å². The summed E-state index contributed by atoms with van der Waals surface area (Å²) in [6.07, 6.45) is -1.71. The highest BCUT2D eigenvalue weighted by Crippen LogP contribution is 2.39. The van der Waals surface area contributed by atoms with Crippen molar-refractivity contribution < 1.29 is 32.2 Å². The van der Waals surface area contributed by atoms with Gasteiger partial charge in [0.25, 0.3) is 0 Å². The lowest BCUT2D eigenvalue weighted by atomic mass is 9.80. The van der Waals surface area contributed by atoms with Crippen LogP contribution in [-0.2, 0) is 21.2 Å². The van der Waals surface area contributed by atoms with Crippen LogP contribution < -0.4 is 15.0 Å². The Morgan fingerprint density at radius 3 is 2.36 bits per heavy atom. The molecule has 2 aromatic carbocycles. The molecule has 2 amide bonds. The summed E-state index contributed by atoms with van der Waals surface area (Å²) in [6, 6.07) is 16.1. The van der Waals surface area contributed by atoms with E-state index in [-0.39, 0.29) is 23.9 Å². The fourth-order valence-electron chi connectivity index (χ4n) is 6.13. The van der Waals surface area contributed by atoms with Crippen molar-refractivity contribution in [3.8, 4) is 23.1 Å². The molecule has 47 heavy (non-hydrogen) atoms. The number of pyridine rings is 1. The van der Waals surface area contributed by atoms with Gasteiger partial charge in [-0.25, -0.2) is 4.79 Å². The minimum absolute atomic E-state index is 0.0635. The highest BCUT2D eigenvalue weighted by Gasteiger charge is 2.42. The molecule has 0 aliphatic carbocycles. The summed E-state index contributed by atoms with van der Waals surface area (Å²) in [5, 5.41) is 12.9. The van der Waals surface area contributed by atoms with Gasteiger partial charge in [0.1, 0.15) is 17.4 Å². The highest BCUT2D eigenvalue weighted by atomic mass is 19.4. The smallest absolute Gasteiger partial charge is 0.416 e. The van der Waals surface area contributed by atoms with E-state index in [9.17, 15) is 28.0 Å². The fourth-order valence-corrected chi connectivity index (χ4v) is 6.13. The number of nitriles is 1. The van der Waals surface area contributed by atoms with E-state index in [1.807, 2.05) is 47.4 Å². The van der Waals surface area contributed by atoms with Crippen LogP contribution in [0, 0.1) is 11.3 Å². The van der Waals surface area contributed by atoms with Crippen LogP contribution >= 0.6 is 0 Å². The second kappa shape index (κ2) is 13.1. The summed E-state index contributed by atoms with van der Waals surface area (Å²) in [5.41, 5.74) is 0.240. The van der Waals surface area contributed by atoms with E-state index in [4.69, 9.17) is 14.5 Å². The Labute approximate surface area is 272 Å². The number of para-hydroxylation sites is 1. The number of alkyl halides is 3. The zero-order valence-corrected chi connectivity index (χ0v) is 26.9. The molecule has 5 rings (SSSR count). The summed E-state index contributed by atoms with van der Waals surface area (Å²) in [6.45, 7) is 6.61. The number of benzene rings is 2. The average molecular weight is 650 g/mol. The van der Waals surface area contributed by atoms with Crippen LogP contribution in [0.5, 0.6) is 5.75 Å². The van der Waals surface area contributed by atoms with Gasteiger partial charge >= 0.3 is 12.3 Å². The first-order valence-electron chi connectivity index (χ1n) is 15.5. The summed E-state index contributed by atoms with van der Waals surface area (Å²) in [5.74, 6) is 0.432. The fraction of sp³-hybridized carbons (Fsp3) is 0.429. The van der Waals surface area contributed by atoms with Gasteiger partial charge in [-0.1, -0.05) is 18.2 Å². The van der Waals surface area contributed by atoms with Crippen molar-refractivity contribution >= 4 is 17.7 Å². The first kappa shape index (κ1) is 33.6. The molecule has 0 spiro atoms. The maximum atomic E-state index is 13.6. The third kappa shape index (κ3) is 7.45. The Morgan fingerprint density at radius 1 is 1.06 bits per heavy atom. The summed E-state index contributed by atoms with van der Waals surface area (Å²) in [4.78, 5) is 34.4. The van der Waals surface area contributed by atoms with E-state index < -0.39 is 29.0 Å². The van der Waals surface area contributed by atoms with Gasteiger partial charge in [-0.3, -0.25) is 9.78 Å². The number of hydrogen-bond donors (Lipinski definition) is 1. The molecule has 0 bridgehead atoms. The van der Waals surface area contributed by atoms with Gasteiger partial charge in [-0.05, 0) is 82.0 Å². The molecule has 1 aromatic heterocycles. The lowest BCUT2D eigenvalue weighted by Crippen LogP contribution is -2.57. The van der Waals surface area contributed by atoms with Gasteiger partial charge in [-0.15, -0.1) is 0 Å². The molecule has 0 unspecified atom stereocenters. The first-order chi connectivity index (χ1) is 22.2. The minimum Gasteiger partial charge on any atom is -0.496 e. The molecule has 248 valence electrons. The van der Waals surface area contributed by atoms with Gasteiger partial charge in [0.15, 0.2) is 0 Å². The Morgan fingerprint density at radius 2 is 1.79 bits per heavy atom. The number of carbonyl (C=O) groups is 2. The molecule has 1 atom stereocenters. The molecule has 1 N–H and O–H groups in total. The molecule has 2 aliphatic heterocycles. The number of ether oxygens (including phenoxy) is 2. The number of carbonyl (C=O) groups excluding carboxylic acids is 2. The third-order valence-corrected chi connectivity index (χ3v) is 8.67. The molecule has 9 nitrogen and oxygen atoms in total. The standard InChI is InChI=1S/C35H38F3N5O4/c1-33(2,3)47-32(45)43-16-13-26(43)20-31(44)41-34(25-9-11-28(40-22-25)27-7-5-6-8-30(27)46-4)14-17-42(18-15-34)29-12-10-24(35(36,37)38)19-23(29)21-39/h5-12,19,22,26H,13-18,20H2,1-4H3,(H,41,44)/t26-/m0/s1. The summed E-state index contributed by atoms with van der Waals surface area (Å²) < 4.78 is 51.0. The minimum atomic E-state index is -4.56. The van der Waals surface area contributed by atoms with Crippen molar-refractivity contribution in [3.63, 3.8) is 0 Å². The number of halogens is 3. The molecule has 0 saturated carbocycles. The molecule has 3 aromatic rings. The second-order valence-corrected chi connectivity index (χ2v) is 12.9. The molecule has 2 fully saturated rings. The number of methoxy groups -OCH3 is 1.